The molecule has 17 heavy (non-hydrogen) atoms. The molecule has 1 N–H and O–H groups in total. The summed E-state index contributed by atoms with van der Waals surface area (Å²) in [6, 6.07) is 7.70. The van der Waals surface area contributed by atoms with Gasteiger partial charge in [0.25, 0.3) is 0 Å². The first-order valence-electron chi connectivity index (χ1n) is 5.88. The number of halogens is 1. The molecule has 0 amide bonds. The Morgan fingerprint density at radius 2 is 2.18 bits per heavy atom. The zero-order valence-electron chi connectivity index (χ0n) is 9.62. The maximum absolute atomic E-state index is 11.2. The zero-order chi connectivity index (χ0) is 12.1. The van der Waals surface area contributed by atoms with Crippen LogP contribution < -0.4 is 5.32 Å². The highest BCUT2D eigenvalue weighted by Gasteiger charge is 2.30. The van der Waals surface area contributed by atoms with Gasteiger partial charge in [0.1, 0.15) is 6.61 Å². The van der Waals surface area contributed by atoms with Crippen LogP contribution in [0.25, 0.3) is 0 Å². The second-order valence-electron chi connectivity index (χ2n) is 4.21. The van der Waals surface area contributed by atoms with Crippen molar-refractivity contribution in [2.45, 2.75) is 19.4 Å². The van der Waals surface area contributed by atoms with Gasteiger partial charge in [-0.3, -0.25) is 4.79 Å². The second kappa shape index (κ2) is 6.03. The number of esters is 1. The second-order valence-corrected chi connectivity index (χ2v) is 4.62. The Balaban J connectivity index is 1.59. The number of ether oxygens (including phenoxy) is 1. The molecule has 1 aromatic rings. The molecule has 2 rings (SSSR count). The number of carbonyl (C=O) groups excluding carboxylic acids is 1. The summed E-state index contributed by atoms with van der Waals surface area (Å²) in [6.45, 7) is 1.78. The fraction of sp³-hybridized carbons (Fsp3) is 0.462. The van der Waals surface area contributed by atoms with Crippen molar-refractivity contribution < 1.29 is 9.53 Å². The molecule has 0 radical (unpaired) electrons. The van der Waals surface area contributed by atoms with Gasteiger partial charge in [0.2, 0.25) is 0 Å². The van der Waals surface area contributed by atoms with Crippen LogP contribution in [-0.2, 0) is 16.1 Å². The fourth-order valence-electron chi connectivity index (χ4n) is 1.53. The van der Waals surface area contributed by atoms with E-state index >= 15 is 0 Å². The van der Waals surface area contributed by atoms with Gasteiger partial charge in [-0.2, -0.15) is 0 Å². The molecule has 3 nitrogen and oxygen atoms in total. The monoisotopic (exact) mass is 253 g/mol. The molecule has 0 atom stereocenters. The van der Waals surface area contributed by atoms with Crippen molar-refractivity contribution in [1.82, 2.24) is 5.32 Å². The number of benzene rings is 1. The van der Waals surface area contributed by atoms with E-state index in [2.05, 4.69) is 5.32 Å². The minimum atomic E-state index is -0.0513. The number of rotatable bonds is 6. The van der Waals surface area contributed by atoms with Crippen molar-refractivity contribution >= 4 is 17.6 Å². The van der Waals surface area contributed by atoms with Crippen molar-refractivity contribution in [2.24, 2.45) is 5.92 Å². The van der Waals surface area contributed by atoms with Crippen LogP contribution in [0.4, 0.5) is 0 Å². The standard InChI is InChI=1S/C13H16ClNO2/c14-12-4-2-1-3-11(12)9-15-7-8-17-13(16)10-5-6-10/h1-4,10,15H,5-9H2. The van der Waals surface area contributed by atoms with Crippen LogP contribution in [0.3, 0.4) is 0 Å². The quantitative estimate of drug-likeness (QED) is 0.625. The molecule has 1 fully saturated rings. The Labute approximate surface area is 106 Å². The van der Waals surface area contributed by atoms with Gasteiger partial charge in [-0.1, -0.05) is 29.8 Å². The number of nitrogens with one attached hydrogen (secondary N) is 1. The van der Waals surface area contributed by atoms with E-state index in [0.29, 0.717) is 19.7 Å². The summed E-state index contributed by atoms with van der Waals surface area (Å²) < 4.78 is 5.10. The molecule has 0 saturated heterocycles. The maximum atomic E-state index is 11.2. The van der Waals surface area contributed by atoms with Crippen LogP contribution in [0.1, 0.15) is 18.4 Å². The van der Waals surface area contributed by atoms with Gasteiger partial charge < -0.3 is 10.1 Å². The van der Waals surface area contributed by atoms with E-state index in [1.807, 2.05) is 24.3 Å². The van der Waals surface area contributed by atoms with Gasteiger partial charge in [-0.15, -0.1) is 0 Å². The van der Waals surface area contributed by atoms with E-state index in [9.17, 15) is 4.79 Å². The molecule has 1 saturated carbocycles. The molecular formula is C13H16ClNO2. The van der Waals surface area contributed by atoms with E-state index in [0.717, 1.165) is 23.4 Å². The highest BCUT2D eigenvalue weighted by molar-refractivity contribution is 6.31. The molecule has 0 bridgehead atoms. The Morgan fingerprint density at radius 3 is 2.88 bits per heavy atom. The van der Waals surface area contributed by atoms with Crippen molar-refractivity contribution in [1.29, 1.82) is 0 Å². The fourth-order valence-corrected chi connectivity index (χ4v) is 1.73. The molecule has 0 spiro atoms. The minimum absolute atomic E-state index is 0.0513. The lowest BCUT2D eigenvalue weighted by molar-refractivity contribution is -0.145. The smallest absolute Gasteiger partial charge is 0.308 e. The first kappa shape index (κ1) is 12.4. The van der Waals surface area contributed by atoms with Crippen molar-refractivity contribution in [3.8, 4) is 0 Å². The van der Waals surface area contributed by atoms with Gasteiger partial charge in [-0.25, -0.2) is 0 Å². The van der Waals surface area contributed by atoms with Crippen LogP contribution in [0.2, 0.25) is 5.02 Å². The lowest BCUT2D eigenvalue weighted by Crippen LogP contribution is -2.21. The summed E-state index contributed by atoms with van der Waals surface area (Å²) in [6.07, 6.45) is 1.98. The number of hydrogen-bond donors (Lipinski definition) is 1. The van der Waals surface area contributed by atoms with E-state index in [1.165, 1.54) is 0 Å². The Kier molecular flexibility index (Phi) is 4.40. The average molecular weight is 254 g/mol. The molecule has 0 aromatic heterocycles. The van der Waals surface area contributed by atoms with Gasteiger partial charge in [-0.05, 0) is 24.5 Å². The Bertz CT molecular complexity index is 391. The van der Waals surface area contributed by atoms with Gasteiger partial charge in [0, 0.05) is 18.1 Å². The molecule has 0 unspecified atom stereocenters. The van der Waals surface area contributed by atoms with Crippen LogP contribution in [0, 0.1) is 5.92 Å². The molecule has 0 heterocycles. The van der Waals surface area contributed by atoms with Gasteiger partial charge >= 0.3 is 5.97 Å². The van der Waals surface area contributed by atoms with Crippen LogP contribution in [0.5, 0.6) is 0 Å². The van der Waals surface area contributed by atoms with Crippen LogP contribution in [-0.4, -0.2) is 19.1 Å². The highest BCUT2D eigenvalue weighted by Crippen LogP contribution is 2.29. The minimum Gasteiger partial charge on any atom is -0.464 e. The lowest BCUT2D eigenvalue weighted by Gasteiger charge is -2.07. The normalized spacial score (nSPS) is 14.6. The van der Waals surface area contributed by atoms with E-state index < -0.39 is 0 Å². The number of hydrogen-bond acceptors (Lipinski definition) is 3. The van der Waals surface area contributed by atoms with Gasteiger partial charge in [0.05, 0.1) is 5.92 Å². The Hall–Kier alpha value is -1.06. The largest absolute Gasteiger partial charge is 0.464 e. The van der Waals surface area contributed by atoms with E-state index in [-0.39, 0.29) is 11.9 Å². The SMILES string of the molecule is O=C(OCCNCc1ccccc1Cl)C1CC1. The molecule has 92 valence electrons. The summed E-state index contributed by atoms with van der Waals surface area (Å²) in [5, 5.41) is 3.95. The van der Waals surface area contributed by atoms with Crippen molar-refractivity contribution in [3.05, 3.63) is 34.9 Å². The van der Waals surface area contributed by atoms with E-state index in [1.54, 1.807) is 0 Å². The summed E-state index contributed by atoms with van der Waals surface area (Å²) in [7, 11) is 0. The maximum Gasteiger partial charge on any atom is 0.308 e. The topological polar surface area (TPSA) is 38.3 Å². The summed E-state index contributed by atoms with van der Waals surface area (Å²) in [4.78, 5) is 11.2. The molecule has 1 aromatic carbocycles. The first-order valence-corrected chi connectivity index (χ1v) is 6.26. The summed E-state index contributed by atoms with van der Waals surface area (Å²) in [5.41, 5.74) is 1.06. The predicted molar refractivity (Wildman–Crippen MR) is 66.8 cm³/mol. The van der Waals surface area contributed by atoms with Crippen molar-refractivity contribution in [3.63, 3.8) is 0 Å². The summed E-state index contributed by atoms with van der Waals surface area (Å²) >= 11 is 6.01. The predicted octanol–water partition coefficient (Wildman–Crippen LogP) is 2.38. The van der Waals surface area contributed by atoms with Crippen LogP contribution in [0.15, 0.2) is 24.3 Å². The molecule has 1 aliphatic rings. The third-order valence-electron chi connectivity index (χ3n) is 2.71. The molecule has 0 aliphatic heterocycles. The third-order valence-corrected chi connectivity index (χ3v) is 3.08. The molecule has 1 aliphatic carbocycles. The number of carbonyl (C=O) groups is 1. The molecule has 4 heteroatoms. The average Bonchev–Trinajstić information content (AvgIpc) is 3.14. The summed E-state index contributed by atoms with van der Waals surface area (Å²) in [5.74, 6) is 0.128. The first-order chi connectivity index (χ1) is 8.27. The van der Waals surface area contributed by atoms with Crippen LogP contribution >= 0.6 is 11.6 Å². The lowest BCUT2D eigenvalue weighted by atomic mass is 10.2. The highest BCUT2D eigenvalue weighted by atomic mass is 35.5. The third kappa shape index (κ3) is 4.02. The zero-order valence-corrected chi connectivity index (χ0v) is 10.4. The van der Waals surface area contributed by atoms with E-state index in [4.69, 9.17) is 16.3 Å². The van der Waals surface area contributed by atoms with Gasteiger partial charge in [0.15, 0.2) is 0 Å². The Morgan fingerprint density at radius 1 is 1.41 bits per heavy atom. The van der Waals surface area contributed by atoms with Crippen molar-refractivity contribution in [2.75, 3.05) is 13.2 Å². The molecular weight excluding hydrogens is 238 g/mol.